The number of nitrogens with zero attached hydrogens (tertiary/aromatic N) is 1. The Labute approximate surface area is 142 Å². The monoisotopic (exact) mass is 350 g/mol. The van der Waals surface area contributed by atoms with E-state index >= 15 is 0 Å². The van der Waals surface area contributed by atoms with Crippen molar-refractivity contribution in [1.82, 2.24) is 4.98 Å². The Morgan fingerprint density at radius 3 is 2.74 bits per heavy atom. The fraction of sp³-hybridized carbons (Fsp3) is 0.438. The van der Waals surface area contributed by atoms with Gasteiger partial charge in [0.05, 0.1) is 22.1 Å². The van der Waals surface area contributed by atoms with Crippen molar-refractivity contribution in [2.45, 2.75) is 30.0 Å². The lowest BCUT2D eigenvalue weighted by Crippen LogP contribution is -2.36. The minimum absolute atomic E-state index is 0.189. The number of aromatic nitrogens is 1. The number of amides is 1. The number of carboxylic acids is 1. The lowest BCUT2D eigenvalue weighted by atomic mass is 9.78. The lowest BCUT2D eigenvalue weighted by molar-refractivity contribution is -0.147. The Bertz CT molecular complexity index is 744. The number of benzene rings is 1. The minimum atomic E-state index is -0.868. The van der Waals surface area contributed by atoms with Crippen LogP contribution in [0.5, 0.6) is 0 Å². The minimum Gasteiger partial charge on any atom is -0.481 e. The number of thioether (sulfide) groups is 1. The van der Waals surface area contributed by atoms with Gasteiger partial charge in [0.1, 0.15) is 0 Å². The smallest absolute Gasteiger partial charge is 0.307 e. The van der Waals surface area contributed by atoms with E-state index in [4.69, 9.17) is 0 Å². The molecule has 1 fully saturated rings. The molecule has 1 saturated carbocycles. The summed E-state index contributed by atoms with van der Waals surface area (Å²) >= 11 is 3.18. The van der Waals surface area contributed by atoms with Crippen molar-refractivity contribution in [3.63, 3.8) is 0 Å². The number of rotatable bonds is 4. The Kier molecular flexibility index (Phi) is 4.87. The summed E-state index contributed by atoms with van der Waals surface area (Å²) in [7, 11) is 0. The maximum atomic E-state index is 12.5. The molecule has 0 aliphatic heterocycles. The van der Waals surface area contributed by atoms with Gasteiger partial charge in [-0.15, -0.1) is 11.3 Å². The number of carbonyl (C=O) groups is 2. The molecule has 0 spiro atoms. The van der Waals surface area contributed by atoms with Crippen LogP contribution in [0.2, 0.25) is 0 Å². The van der Waals surface area contributed by atoms with Crippen LogP contribution < -0.4 is 5.32 Å². The third-order valence-corrected chi connectivity index (χ3v) is 6.23. The Balaban J connectivity index is 1.77. The molecule has 122 valence electrons. The van der Waals surface area contributed by atoms with Gasteiger partial charge in [0.15, 0.2) is 4.34 Å². The molecule has 1 aliphatic rings. The second-order valence-corrected chi connectivity index (χ2v) is 7.78. The van der Waals surface area contributed by atoms with Gasteiger partial charge >= 0.3 is 5.97 Å². The molecule has 1 aliphatic carbocycles. The van der Waals surface area contributed by atoms with Crippen LogP contribution in [0, 0.1) is 11.8 Å². The maximum Gasteiger partial charge on any atom is 0.307 e. The van der Waals surface area contributed by atoms with Crippen LogP contribution in [0.4, 0.5) is 5.69 Å². The second kappa shape index (κ2) is 6.88. The molecule has 3 rings (SSSR count). The van der Waals surface area contributed by atoms with Crippen LogP contribution in [0.3, 0.4) is 0 Å². The van der Waals surface area contributed by atoms with E-state index in [1.54, 1.807) is 23.1 Å². The first-order valence-electron chi connectivity index (χ1n) is 7.56. The molecule has 0 bridgehead atoms. The maximum absolute atomic E-state index is 12.5. The number of aliphatic carboxylic acids is 1. The first-order chi connectivity index (χ1) is 11.1. The zero-order valence-corrected chi connectivity index (χ0v) is 14.4. The SMILES string of the molecule is CSc1nc2ccc(NC(=O)[C@@H]3CCCC[C@@H]3C(=O)O)cc2s1. The fourth-order valence-electron chi connectivity index (χ4n) is 3.04. The highest BCUT2D eigenvalue weighted by Crippen LogP contribution is 2.33. The summed E-state index contributed by atoms with van der Waals surface area (Å²) in [6, 6.07) is 5.61. The molecule has 1 aromatic heterocycles. The molecule has 23 heavy (non-hydrogen) atoms. The van der Waals surface area contributed by atoms with Crippen LogP contribution >= 0.6 is 23.1 Å². The molecule has 5 nitrogen and oxygen atoms in total. The fourth-order valence-corrected chi connectivity index (χ4v) is 4.57. The van der Waals surface area contributed by atoms with Crippen LogP contribution in [-0.2, 0) is 9.59 Å². The lowest BCUT2D eigenvalue weighted by Gasteiger charge is -2.27. The van der Waals surface area contributed by atoms with E-state index in [2.05, 4.69) is 10.3 Å². The highest BCUT2D eigenvalue weighted by molar-refractivity contribution is 8.00. The Hall–Kier alpha value is -1.60. The molecule has 0 radical (unpaired) electrons. The first-order valence-corrected chi connectivity index (χ1v) is 9.61. The van der Waals surface area contributed by atoms with Crippen molar-refractivity contribution in [2.75, 3.05) is 11.6 Å². The van der Waals surface area contributed by atoms with Crippen LogP contribution in [0.1, 0.15) is 25.7 Å². The standard InChI is InChI=1S/C16H18N2O3S2/c1-22-16-18-12-7-6-9(8-13(12)23-16)17-14(19)10-4-2-3-5-11(10)15(20)21/h6-8,10-11H,2-5H2,1H3,(H,17,19)(H,20,21)/t10-,11+/m1/s1. The molecule has 7 heteroatoms. The molecule has 0 unspecified atom stereocenters. The Morgan fingerprint density at radius 1 is 1.30 bits per heavy atom. The Morgan fingerprint density at radius 2 is 2.04 bits per heavy atom. The molecular formula is C16H18N2O3S2. The second-order valence-electron chi connectivity index (χ2n) is 5.69. The van der Waals surface area contributed by atoms with E-state index in [0.717, 1.165) is 27.4 Å². The number of thiazole rings is 1. The quantitative estimate of drug-likeness (QED) is 0.819. The molecule has 1 heterocycles. The number of carboxylic acid groups (broad SMARTS) is 1. The molecule has 1 aromatic carbocycles. The van der Waals surface area contributed by atoms with E-state index in [9.17, 15) is 14.7 Å². The number of nitrogens with one attached hydrogen (secondary N) is 1. The summed E-state index contributed by atoms with van der Waals surface area (Å²) in [6.45, 7) is 0. The van der Waals surface area contributed by atoms with E-state index in [1.807, 2.05) is 24.5 Å². The van der Waals surface area contributed by atoms with Gasteiger partial charge in [-0.25, -0.2) is 4.98 Å². The molecular weight excluding hydrogens is 332 g/mol. The average Bonchev–Trinajstić information content (AvgIpc) is 2.97. The predicted molar refractivity (Wildman–Crippen MR) is 93.1 cm³/mol. The summed E-state index contributed by atoms with van der Waals surface area (Å²) in [6.07, 6.45) is 4.99. The number of hydrogen-bond donors (Lipinski definition) is 2. The first kappa shape index (κ1) is 16.3. The normalized spacial score (nSPS) is 21.3. The van der Waals surface area contributed by atoms with Crippen LogP contribution in [0.25, 0.3) is 10.2 Å². The number of fused-ring (bicyclic) bond motifs is 1. The summed E-state index contributed by atoms with van der Waals surface area (Å²) in [5, 5.41) is 12.2. The highest BCUT2D eigenvalue weighted by Gasteiger charge is 2.35. The van der Waals surface area contributed by atoms with Gasteiger partial charge in [-0.2, -0.15) is 0 Å². The third kappa shape index (κ3) is 3.50. The number of carbonyl (C=O) groups excluding carboxylic acids is 1. The van der Waals surface area contributed by atoms with E-state index in [0.29, 0.717) is 18.5 Å². The topological polar surface area (TPSA) is 79.3 Å². The van der Waals surface area contributed by atoms with Crippen LogP contribution in [0.15, 0.2) is 22.5 Å². The van der Waals surface area contributed by atoms with Gasteiger partial charge in [0.2, 0.25) is 5.91 Å². The molecule has 2 aromatic rings. The van der Waals surface area contributed by atoms with Gasteiger partial charge in [-0.05, 0) is 37.3 Å². The van der Waals surface area contributed by atoms with Crippen molar-refractivity contribution in [3.8, 4) is 0 Å². The zero-order chi connectivity index (χ0) is 16.4. The molecule has 1 amide bonds. The zero-order valence-electron chi connectivity index (χ0n) is 12.7. The van der Waals surface area contributed by atoms with Gasteiger partial charge in [0, 0.05) is 5.69 Å². The van der Waals surface area contributed by atoms with Crippen molar-refractivity contribution in [1.29, 1.82) is 0 Å². The van der Waals surface area contributed by atoms with E-state index in [1.165, 1.54) is 0 Å². The highest BCUT2D eigenvalue weighted by atomic mass is 32.2. The van der Waals surface area contributed by atoms with E-state index in [-0.39, 0.29) is 5.91 Å². The predicted octanol–water partition coefficient (Wildman–Crippen LogP) is 3.85. The van der Waals surface area contributed by atoms with Gasteiger partial charge in [0.25, 0.3) is 0 Å². The average molecular weight is 350 g/mol. The van der Waals surface area contributed by atoms with Crippen molar-refractivity contribution in [2.24, 2.45) is 11.8 Å². The molecule has 2 atom stereocenters. The number of hydrogen-bond acceptors (Lipinski definition) is 5. The van der Waals surface area contributed by atoms with E-state index < -0.39 is 17.8 Å². The summed E-state index contributed by atoms with van der Waals surface area (Å²) in [4.78, 5) is 28.3. The van der Waals surface area contributed by atoms with Gasteiger partial charge in [-0.1, -0.05) is 24.6 Å². The third-order valence-electron chi connectivity index (χ3n) is 4.23. The van der Waals surface area contributed by atoms with Crippen molar-refractivity contribution >= 4 is 50.9 Å². The molecule has 0 saturated heterocycles. The molecule has 2 N–H and O–H groups in total. The summed E-state index contributed by atoms with van der Waals surface area (Å²) in [5.41, 5.74) is 1.62. The number of anilines is 1. The van der Waals surface area contributed by atoms with Gasteiger partial charge < -0.3 is 10.4 Å². The summed E-state index contributed by atoms with van der Waals surface area (Å²) in [5.74, 6) is -2.07. The summed E-state index contributed by atoms with van der Waals surface area (Å²) < 4.78 is 2.01. The van der Waals surface area contributed by atoms with Gasteiger partial charge in [-0.3, -0.25) is 9.59 Å². The van der Waals surface area contributed by atoms with Crippen molar-refractivity contribution in [3.05, 3.63) is 18.2 Å². The van der Waals surface area contributed by atoms with Crippen molar-refractivity contribution < 1.29 is 14.7 Å². The van der Waals surface area contributed by atoms with Crippen LogP contribution in [-0.4, -0.2) is 28.2 Å². The largest absolute Gasteiger partial charge is 0.481 e.